The van der Waals surface area contributed by atoms with Gasteiger partial charge in [-0.15, -0.1) is 0 Å². The number of hydrogen-bond donors (Lipinski definition) is 1. The molecule has 3 heteroatoms. The third-order valence-electron chi connectivity index (χ3n) is 3.43. The van der Waals surface area contributed by atoms with E-state index in [9.17, 15) is 4.79 Å². The Morgan fingerprint density at radius 2 is 2.14 bits per heavy atom. The van der Waals surface area contributed by atoms with E-state index in [1.807, 2.05) is 0 Å². The Balaban J connectivity index is 1.98. The summed E-state index contributed by atoms with van der Waals surface area (Å²) in [5.74, 6) is 1.01. The van der Waals surface area contributed by atoms with Gasteiger partial charge in [-0.2, -0.15) is 0 Å². The van der Waals surface area contributed by atoms with Gasteiger partial charge in [0.15, 0.2) is 0 Å². The largest absolute Gasteiger partial charge is 0.326 e. The molecule has 0 aromatic carbocycles. The molecule has 0 spiro atoms. The minimum absolute atomic E-state index is 0.295. The number of rotatable bonds is 3. The molecule has 2 aliphatic rings. The van der Waals surface area contributed by atoms with E-state index in [-0.39, 0.29) is 0 Å². The van der Waals surface area contributed by atoms with Crippen molar-refractivity contribution in [3.05, 3.63) is 0 Å². The van der Waals surface area contributed by atoms with Crippen LogP contribution in [0.4, 0.5) is 0 Å². The second kappa shape index (κ2) is 4.30. The van der Waals surface area contributed by atoms with Gasteiger partial charge in [0.1, 0.15) is 0 Å². The molecule has 1 heterocycles. The first kappa shape index (κ1) is 9.97. The molecule has 1 aliphatic carbocycles. The maximum atomic E-state index is 11.6. The van der Waals surface area contributed by atoms with Crippen molar-refractivity contribution in [2.24, 2.45) is 5.92 Å². The van der Waals surface area contributed by atoms with Gasteiger partial charge in [0.25, 0.3) is 0 Å². The van der Waals surface area contributed by atoms with Crippen molar-refractivity contribution in [2.75, 3.05) is 13.1 Å². The maximum Gasteiger partial charge on any atom is 0.237 e. The topological polar surface area (TPSA) is 32.3 Å². The highest BCUT2D eigenvalue weighted by molar-refractivity contribution is 5.80. The number of amides is 1. The lowest BCUT2D eigenvalue weighted by atomic mass is 10.0. The average molecular weight is 196 g/mol. The minimum Gasteiger partial charge on any atom is -0.326 e. The molecular formula is C11H20N2O. The number of carbonyl (C=O) groups is 1. The maximum absolute atomic E-state index is 11.6. The first-order chi connectivity index (χ1) is 6.83. The normalized spacial score (nSPS) is 29.1. The highest BCUT2D eigenvalue weighted by Gasteiger charge is 2.36. The van der Waals surface area contributed by atoms with Crippen molar-refractivity contribution in [1.29, 1.82) is 0 Å². The fourth-order valence-electron chi connectivity index (χ4n) is 2.76. The van der Waals surface area contributed by atoms with Crippen LogP contribution in [-0.2, 0) is 4.79 Å². The molecule has 1 amide bonds. The van der Waals surface area contributed by atoms with Crippen LogP contribution in [0.5, 0.6) is 0 Å². The van der Waals surface area contributed by atoms with Gasteiger partial charge in [0, 0.05) is 6.54 Å². The van der Waals surface area contributed by atoms with Crippen molar-refractivity contribution >= 4 is 5.91 Å². The van der Waals surface area contributed by atoms with Crippen molar-refractivity contribution in [3.8, 4) is 0 Å². The van der Waals surface area contributed by atoms with E-state index in [1.165, 1.54) is 25.7 Å². The third kappa shape index (κ3) is 1.78. The summed E-state index contributed by atoms with van der Waals surface area (Å²) in [6, 6.07) is 0. The summed E-state index contributed by atoms with van der Waals surface area (Å²) in [6.07, 6.45) is 6.70. The number of nitrogens with zero attached hydrogens (tertiary/aromatic N) is 1. The molecule has 0 aromatic rings. The summed E-state index contributed by atoms with van der Waals surface area (Å²) in [5.41, 5.74) is 0. The molecule has 1 aliphatic heterocycles. The van der Waals surface area contributed by atoms with Gasteiger partial charge >= 0.3 is 0 Å². The number of nitrogens with one attached hydrogen (secondary N) is 1. The number of hydrogen-bond acceptors (Lipinski definition) is 2. The molecule has 1 N–H and O–H groups in total. The smallest absolute Gasteiger partial charge is 0.237 e. The van der Waals surface area contributed by atoms with E-state index in [2.05, 4.69) is 17.1 Å². The van der Waals surface area contributed by atoms with Gasteiger partial charge in [-0.25, -0.2) is 0 Å². The minimum atomic E-state index is 0.295. The van der Waals surface area contributed by atoms with E-state index in [1.54, 1.807) is 0 Å². The zero-order chi connectivity index (χ0) is 9.97. The Labute approximate surface area is 85.8 Å². The molecule has 0 radical (unpaired) electrons. The molecule has 0 bridgehead atoms. The van der Waals surface area contributed by atoms with Crippen LogP contribution < -0.4 is 5.32 Å². The molecule has 1 atom stereocenters. The van der Waals surface area contributed by atoms with Gasteiger partial charge in [-0.1, -0.05) is 19.8 Å². The van der Waals surface area contributed by atoms with Crippen molar-refractivity contribution in [3.63, 3.8) is 0 Å². The van der Waals surface area contributed by atoms with E-state index in [0.717, 1.165) is 13.0 Å². The lowest BCUT2D eigenvalue weighted by Crippen LogP contribution is -2.42. The van der Waals surface area contributed by atoms with Crippen LogP contribution in [0.3, 0.4) is 0 Å². The lowest BCUT2D eigenvalue weighted by molar-refractivity contribution is -0.128. The first-order valence-electron chi connectivity index (χ1n) is 5.85. The Bertz CT molecular complexity index is 211. The molecule has 1 saturated heterocycles. The predicted octanol–water partition coefficient (Wildman–Crippen LogP) is 1.34. The highest BCUT2D eigenvalue weighted by atomic mass is 16.2. The fraction of sp³-hybridized carbons (Fsp3) is 0.909. The van der Waals surface area contributed by atoms with Gasteiger partial charge in [0.05, 0.1) is 12.7 Å². The standard InChI is InChI=1S/C11H20N2O/c1-2-7-13-10(14)8-12-11(13)9-5-3-4-6-9/h9,11-12H,2-8H2,1H3. The van der Waals surface area contributed by atoms with Crippen LogP contribution in [-0.4, -0.2) is 30.1 Å². The molecule has 14 heavy (non-hydrogen) atoms. The summed E-state index contributed by atoms with van der Waals surface area (Å²) in [5, 5.41) is 3.36. The third-order valence-corrected chi connectivity index (χ3v) is 3.43. The summed E-state index contributed by atoms with van der Waals surface area (Å²) in [7, 11) is 0. The molecule has 1 unspecified atom stereocenters. The van der Waals surface area contributed by atoms with Crippen LogP contribution in [0, 0.1) is 5.92 Å². The first-order valence-corrected chi connectivity index (χ1v) is 5.85. The Morgan fingerprint density at radius 1 is 1.43 bits per heavy atom. The van der Waals surface area contributed by atoms with Gasteiger partial charge in [-0.05, 0) is 25.2 Å². The second-order valence-corrected chi connectivity index (χ2v) is 4.46. The van der Waals surface area contributed by atoms with Gasteiger partial charge in [-0.3, -0.25) is 10.1 Å². The van der Waals surface area contributed by atoms with E-state index in [4.69, 9.17) is 0 Å². The lowest BCUT2D eigenvalue weighted by Gasteiger charge is -2.28. The predicted molar refractivity (Wildman–Crippen MR) is 55.8 cm³/mol. The highest BCUT2D eigenvalue weighted by Crippen LogP contribution is 2.30. The fourth-order valence-corrected chi connectivity index (χ4v) is 2.76. The zero-order valence-electron chi connectivity index (χ0n) is 8.96. The van der Waals surface area contributed by atoms with E-state index >= 15 is 0 Å². The van der Waals surface area contributed by atoms with Crippen LogP contribution in [0.2, 0.25) is 0 Å². The van der Waals surface area contributed by atoms with Crippen LogP contribution in [0.15, 0.2) is 0 Å². The molecule has 2 rings (SSSR count). The van der Waals surface area contributed by atoms with Crippen molar-refractivity contribution in [2.45, 2.75) is 45.2 Å². The van der Waals surface area contributed by atoms with Crippen LogP contribution in [0.1, 0.15) is 39.0 Å². The molecule has 1 saturated carbocycles. The Kier molecular flexibility index (Phi) is 3.06. The summed E-state index contributed by atoms with van der Waals surface area (Å²) in [6.45, 7) is 3.62. The zero-order valence-corrected chi connectivity index (χ0v) is 8.96. The second-order valence-electron chi connectivity index (χ2n) is 4.46. The molecule has 0 aromatic heterocycles. The van der Waals surface area contributed by atoms with Crippen LogP contribution in [0.25, 0.3) is 0 Å². The van der Waals surface area contributed by atoms with E-state index < -0.39 is 0 Å². The average Bonchev–Trinajstić information content (AvgIpc) is 2.77. The molecule has 2 fully saturated rings. The van der Waals surface area contributed by atoms with Crippen LogP contribution >= 0.6 is 0 Å². The Hall–Kier alpha value is -0.570. The monoisotopic (exact) mass is 196 g/mol. The molecule has 3 nitrogen and oxygen atoms in total. The SMILES string of the molecule is CCCN1C(=O)CNC1C1CCCC1. The van der Waals surface area contributed by atoms with Gasteiger partial charge in [0.2, 0.25) is 5.91 Å². The quantitative estimate of drug-likeness (QED) is 0.739. The molecule has 80 valence electrons. The summed E-state index contributed by atoms with van der Waals surface area (Å²) >= 11 is 0. The van der Waals surface area contributed by atoms with E-state index in [0.29, 0.717) is 24.5 Å². The van der Waals surface area contributed by atoms with Gasteiger partial charge < -0.3 is 4.90 Å². The Morgan fingerprint density at radius 3 is 2.79 bits per heavy atom. The summed E-state index contributed by atoms with van der Waals surface area (Å²) in [4.78, 5) is 13.6. The van der Waals surface area contributed by atoms with Crippen molar-refractivity contribution in [1.82, 2.24) is 10.2 Å². The summed E-state index contributed by atoms with van der Waals surface area (Å²) < 4.78 is 0. The van der Waals surface area contributed by atoms with Crippen molar-refractivity contribution < 1.29 is 4.79 Å². The molecular weight excluding hydrogens is 176 g/mol. The number of carbonyl (C=O) groups excluding carboxylic acids is 1.